The fourth-order valence-corrected chi connectivity index (χ4v) is 11.2. The van der Waals surface area contributed by atoms with Gasteiger partial charge in [0.2, 0.25) is 0 Å². The van der Waals surface area contributed by atoms with E-state index in [9.17, 15) is 0 Å². The fourth-order valence-electron chi connectivity index (χ4n) is 11.2. The van der Waals surface area contributed by atoms with Gasteiger partial charge in [-0.15, -0.1) is 0 Å². The number of benzene rings is 13. The van der Waals surface area contributed by atoms with Gasteiger partial charge in [-0.25, -0.2) is 0 Å². The van der Waals surface area contributed by atoms with Gasteiger partial charge in [0.1, 0.15) is 0 Å². The molecule has 0 bridgehead atoms. The largest absolute Gasteiger partial charge is 0.311 e. The van der Waals surface area contributed by atoms with E-state index in [1.165, 1.54) is 81.9 Å². The molecule has 0 unspecified atom stereocenters. The third kappa shape index (κ3) is 7.37. The maximum Gasteiger partial charge on any atom is 0.0553 e. The van der Waals surface area contributed by atoms with Crippen molar-refractivity contribution in [3.63, 3.8) is 0 Å². The third-order valence-electron chi connectivity index (χ3n) is 14.7. The number of nitrogens with zero attached hydrogens (tertiary/aromatic N) is 3. The minimum atomic E-state index is 1.07. The van der Waals surface area contributed by atoms with Gasteiger partial charge in [0.15, 0.2) is 0 Å². The van der Waals surface area contributed by atoms with Gasteiger partial charge in [-0.05, 0) is 169 Å². The van der Waals surface area contributed by atoms with Crippen molar-refractivity contribution in [2.24, 2.45) is 0 Å². The van der Waals surface area contributed by atoms with E-state index in [-0.39, 0.29) is 0 Å². The highest BCUT2D eigenvalue weighted by Gasteiger charge is 2.21. The average Bonchev–Trinajstić information content (AvgIpc) is 3.83. The van der Waals surface area contributed by atoms with E-state index in [2.05, 4.69) is 299 Å². The lowest BCUT2D eigenvalue weighted by atomic mass is 9.91. The number of rotatable bonds is 10. The Morgan fingerprint density at radius 2 is 0.616 bits per heavy atom. The highest BCUT2D eigenvalue weighted by molar-refractivity contribution is 6.33. The van der Waals surface area contributed by atoms with Crippen molar-refractivity contribution in [2.75, 3.05) is 9.80 Å². The first kappa shape index (κ1) is 42.2. The summed E-state index contributed by atoms with van der Waals surface area (Å²) in [5.74, 6) is 0. The SMILES string of the molecule is c1ccc(-c2ccc(N(c3ccc(-c4ccc5c(c4)c4c6ccc7cccc8ccc(cc4n5-c4ccc(-c5ccccc5)cc4)c6c87)cc3)c3ccc(N(c4ccccc4)c4ccccc4)cc3)cc2)cc1. The van der Waals surface area contributed by atoms with Crippen LogP contribution < -0.4 is 9.80 Å². The van der Waals surface area contributed by atoms with Crippen LogP contribution >= 0.6 is 0 Å². The summed E-state index contributed by atoms with van der Waals surface area (Å²) in [7, 11) is 0. The molecule has 1 heterocycles. The summed E-state index contributed by atoms with van der Waals surface area (Å²) in [6.45, 7) is 0. The topological polar surface area (TPSA) is 11.4 Å². The van der Waals surface area contributed by atoms with Crippen molar-refractivity contribution in [3.05, 3.63) is 285 Å². The van der Waals surface area contributed by atoms with Crippen LogP contribution in [0.5, 0.6) is 0 Å². The Hall–Kier alpha value is -9.70. The molecule has 0 saturated heterocycles. The lowest BCUT2D eigenvalue weighted by Crippen LogP contribution is -2.12. The van der Waals surface area contributed by atoms with E-state index >= 15 is 0 Å². The van der Waals surface area contributed by atoms with E-state index in [0.29, 0.717) is 0 Å². The first-order valence-electron chi connectivity index (χ1n) is 25.1. The number of hydrogen-bond donors (Lipinski definition) is 0. The summed E-state index contributed by atoms with van der Waals surface area (Å²) in [4.78, 5) is 4.67. The van der Waals surface area contributed by atoms with Gasteiger partial charge in [0, 0.05) is 50.6 Å². The third-order valence-corrected chi connectivity index (χ3v) is 14.7. The highest BCUT2D eigenvalue weighted by atomic mass is 15.2. The molecule has 73 heavy (non-hydrogen) atoms. The second-order valence-corrected chi connectivity index (χ2v) is 18.9. The summed E-state index contributed by atoms with van der Waals surface area (Å²) in [5, 5.41) is 10.3. The van der Waals surface area contributed by atoms with Crippen LogP contribution in [-0.4, -0.2) is 4.57 Å². The molecule has 0 fully saturated rings. The molecule has 13 aromatic carbocycles. The van der Waals surface area contributed by atoms with Crippen molar-refractivity contribution >= 4 is 88.2 Å². The van der Waals surface area contributed by atoms with E-state index in [4.69, 9.17) is 0 Å². The summed E-state index contributed by atoms with van der Waals surface area (Å²) in [6.07, 6.45) is 0. The first-order chi connectivity index (χ1) is 36.2. The average molecular weight is 930 g/mol. The molecule has 3 heteroatoms. The normalized spacial score (nSPS) is 11.6. The summed E-state index contributed by atoms with van der Waals surface area (Å²) in [5.41, 5.74) is 17.2. The van der Waals surface area contributed by atoms with E-state index in [1.54, 1.807) is 0 Å². The number of aromatic nitrogens is 1. The van der Waals surface area contributed by atoms with Gasteiger partial charge in [-0.3, -0.25) is 0 Å². The fraction of sp³-hybridized carbons (Fsp3) is 0. The van der Waals surface area contributed by atoms with Crippen LogP contribution in [0.25, 0.3) is 93.2 Å². The monoisotopic (exact) mass is 929 g/mol. The van der Waals surface area contributed by atoms with Crippen molar-refractivity contribution in [1.29, 1.82) is 0 Å². The number of anilines is 6. The van der Waals surface area contributed by atoms with Gasteiger partial charge >= 0.3 is 0 Å². The molecule has 0 saturated carbocycles. The van der Waals surface area contributed by atoms with E-state index in [1.807, 2.05) is 0 Å². The predicted octanol–water partition coefficient (Wildman–Crippen LogP) is 19.6. The molecule has 14 rings (SSSR count). The van der Waals surface area contributed by atoms with Crippen LogP contribution in [0.1, 0.15) is 0 Å². The Kier molecular flexibility index (Phi) is 10.2. The molecule has 14 aromatic rings. The smallest absolute Gasteiger partial charge is 0.0553 e. The number of para-hydroxylation sites is 2. The maximum absolute atomic E-state index is 2.46. The molecule has 1 aromatic heterocycles. The first-order valence-corrected chi connectivity index (χ1v) is 25.1. The zero-order valence-electron chi connectivity index (χ0n) is 40.0. The van der Waals surface area contributed by atoms with Gasteiger partial charge in [-0.1, -0.05) is 182 Å². The highest BCUT2D eigenvalue weighted by Crippen LogP contribution is 2.45. The molecule has 3 nitrogen and oxygen atoms in total. The van der Waals surface area contributed by atoms with Gasteiger partial charge < -0.3 is 14.4 Å². The lowest BCUT2D eigenvalue weighted by Gasteiger charge is -2.28. The minimum absolute atomic E-state index is 1.07. The van der Waals surface area contributed by atoms with Crippen LogP contribution in [0.15, 0.2) is 285 Å². The van der Waals surface area contributed by atoms with Crippen LogP contribution in [-0.2, 0) is 0 Å². The minimum Gasteiger partial charge on any atom is -0.311 e. The Morgan fingerprint density at radius 1 is 0.219 bits per heavy atom. The second kappa shape index (κ2) is 17.6. The number of hydrogen-bond acceptors (Lipinski definition) is 2. The quantitative estimate of drug-likeness (QED) is 0.127. The Morgan fingerprint density at radius 3 is 1.14 bits per heavy atom. The van der Waals surface area contributed by atoms with Crippen molar-refractivity contribution in [3.8, 4) is 39.1 Å². The van der Waals surface area contributed by atoms with Crippen LogP contribution in [0.4, 0.5) is 34.1 Å². The molecule has 0 radical (unpaired) electrons. The van der Waals surface area contributed by atoms with Crippen LogP contribution in [0, 0.1) is 0 Å². The predicted molar refractivity (Wildman–Crippen MR) is 310 cm³/mol. The summed E-state index contributed by atoms with van der Waals surface area (Å²) < 4.78 is 2.46. The maximum atomic E-state index is 2.46. The molecular weight excluding hydrogens is 883 g/mol. The molecular formula is C70H47N3. The summed E-state index contributed by atoms with van der Waals surface area (Å²) >= 11 is 0. The van der Waals surface area contributed by atoms with Gasteiger partial charge in [0.05, 0.1) is 11.0 Å². The number of fused-ring (bicyclic) bond motifs is 4. The Balaban J connectivity index is 0.890. The second-order valence-electron chi connectivity index (χ2n) is 18.9. The molecule has 0 aliphatic rings. The molecule has 0 N–H and O–H groups in total. The van der Waals surface area contributed by atoms with Crippen molar-refractivity contribution in [2.45, 2.75) is 0 Å². The van der Waals surface area contributed by atoms with Crippen molar-refractivity contribution < 1.29 is 0 Å². The molecule has 0 spiro atoms. The van der Waals surface area contributed by atoms with Crippen molar-refractivity contribution in [1.82, 2.24) is 4.57 Å². The Bertz CT molecular complexity index is 4190. The van der Waals surface area contributed by atoms with Gasteiger partial charge in [0.25, 0.3) is 0 Å². The molecule has 0 aliphatic carbocycles. The van der Waals surface area contributed by atoms with E-state index in [0.717, 1.165) is 45.4 Å². The molecule has 0 atom stereocenters. The zero-order chi connectivity index (χ0) is 48.2. The lowest BCUT2D eigenvalue weighted by molar-refractivity contribution is 1.18. The van der Waals surface area contributed by atoms with Gasteiger partial charge in [-0.2, -0.15) is 0 Å². The standard InChI is InChI=1S/C70H47N3/c1-5-14-48(15-6-1)50-26-34-59(35-27-50)72(62-42-40-61(41-43-62)71(57-20-9-3-10-21-57)58-22-11-4-12-23-58)60-36-30-52(31-37-60)55-33-45-66-65(46-55)70-64-44-32-54-19-13-18-53-24-25-56(69(64)68(53)54)47-67(70)73(66)63-38-28-51(29-39-63)49-16-7-2-8-17-49/h1-47H. The molecule has 342 valence electrons. The van der Waals surface area contributed by atoms with Crippen LogP contribution in [0.2, 0.25) is 0 Å². The molecule has 0 amide bonds. The molecule has 0 aliphatic heterocycles. The van der Waals surface area contributed by atoms with Crippen LogP contribution in [0.3, 0.4) is 0 Å². The zero-order valence-corrected chi connectivity index (χ0v) is 40.0. The van der Waals surface area contributed by atoms with E-state index < -0.39 is 0 Å². The summed E-state index contributed by atoms with van der Waals surface area (Å²) in [6, 6.07) is 104. The Labute approximate surface area is 424 Å².